The van der Waals surface area contributed by atoms with Crippen LogP contribution >= 0.6 is 22.9 Å². The number of carbonyl (C=O) groups excluding carboxylic acids is 3. The number of esters is 1. The van der Waals surface area contributed by atoms with Gasteiger partial charge >= 0.3 is 5.97 Å². The Morgan fingerprint density at radius 1 is 1.14 bits per heavy atom. The number of thiazole rings is 1. The smallest absolute Gasteiger partial charge is 0.326 e. The minimum absolute atomic E-state index is 0.0976. The summed E-state index contributed by atoms with van der Waals surface area (Å²) in [4.78, 5) is 45.7. The number of nitrogens with zero attached hydrogens (tertiary/aromatic N) is 3. The van der Waals surface area contributed by atoms with E-state index in [-0.39, 0.29) is 24.3 Å². The quantitative estimate of drug-likeness (QED) is 0.474. The zero-order chi connectivity index (χ0) is 26.7. The SMILES string of the molecule is CN(CC(=O)OC(C)(C)C)C(=O)c1csc(C2CCN(C(=O)C(C)(C)Oc3ccccc3Cl)CC2)n1. The Balaban J connectivity index is 1.55. The summed E-state index contributed by atoms with van der Waals surface area (Å²) in [6.45, 7) is 9.84. The van der Waals surface area contributed by atoms with Crippen molar-refractivity contribution in [3.8, 4) is 5.75 Å². The molecule has 3 rings (SSSR count). The summed E-state index contributed by atoms with van der Waals surface area (Å²) in [5.41, 5.74) is -1.35. The highest BCUT2D eigenvalue weighted by Gasteiger charge is 2.37. The number of carbonyl (C=O) groups is 3. The van der Waals surface area contributed by atoms with Crippen molar-refractivity contribution < 1.29 is 23.9 Å². The monoisotopic (exact) mass is 535 g/mol. The van der Waals surface area contributed by atoms with E-state index in [1.807, 2.05) is 17.0 Å². The predicted molar refractivity (Wildman–Crippen MR) is 140 cm³/mol. The van der Waals surface area contributed by atoms with Gasteiger partial charge in [-0.3, -0.25) is 14.4 Å². The van der Waals surface area contributed by atoms with Crippen molar-refractivity contribution in [3.05, 3.63) is 45.4 Å². The normalized spacial score (nSPS) is 14.9. The van der Waals surface area contributed by atoms with Gasteiger partial charge in [0.2, 0.25) is 0 Å². The Hall–Kier alpha value is -2.65. The molecule has 0 N–H and O–H groups in total. The van der Waals surface area contributed by atoms with Crippen LogP contribution in [0, 0.1) is 0 Å². The van der Waals surface area contributed by atoms with Gasteiger partial charge in [0.15, 0.2) is 5.60 Å². The highest BCUT2D eigenvalue weighted by molar-refractivity contribution is 7.09. The van der Waals surface area contributed by atoms with Gasteiger partial charge in [0, 0.05) is 31.4 Å². The summed E-state index contributed by atoms with van der Waals surface area (Å²) < 4.78 is 11.2. The lowest BCUT2D eigenvalue weighted by molar-refractivity contribution is -0.155. The van der Waals surface area contributed by atoms with E-state index in [2.05, 4.69) is 4.98 Å². The molecule has 0 unspecified atom stereocenters. The van der Waals surface area contributed by atoms with Gasteiger partial charge in [0.1, 0.15) is 23.6 Å². The average Bonchev–Trinajstić information content (AvgIpc) is 3.28. The Morgan fingerprint density at radius 2 is 1.78 bits per heavy atom. The lowest BCUT2D eigenvalue weighted by Crippen LogP contribution is -2.51. The Bertz CT molecular complexity index is 1100. The number of likely N-dealkylation sites (N-methyl/N-ethyl adjacent to an activating group) is 1. The Kier molecular flexibility index (Phi) is 8.67. The Morgan fingerprint density at radius 3 is 2.39 bits per heavy atom. The van der Waals surface area contributed by atoms with E-state index in [9.17, 15) is 14.4 Å². The first-order valence-electron chi connectivity index (χ1n) is 11.9. The van der Waals surface area contributed by atoms with Crippen molar-refractivity contribution in [1.29, 1.82) is 0 Å². The topological polar surface area (TPSA) is 89.0 Å². The first-order valence-corrected chi connectivity index (χ1v) is 13.2. The molecule has 1 aromatic heterocycles. The number of halogens is 1. The number of aromatic nitrogens is 1. The van der Waals surface area contributed by atoms with Crippen LogP contribution in [0.4, 0.5) is 0 Å². The van der Waals surface area contributed by atoms with Crippen molar-refractivity contribution >= 4 is 40.7 Å². The van der Waals surface area contributed by atoms with Gasteiger partial charge in [-0.1, -0.05) is 23.7 Å². The minimum atomic E-state index is -1.06. The van der Waals surface area contributed by atoms with Gasteiger partial charge in [-0.2, -0.15) is 0 Å². The first-order chi connectivity index (χ1) is 16.8. The summed E-state index contributed by atoms with van der Waals surface area (Å²) in [5.74, 6) is -0.255. The first kappa shape index (κ1) is 27.9. The van der Waals surface area contributed by atoms with E-state index in [1.165, 1.54) is 16.2 Å². The molecule has 0 spiro atoms. The third-order valence-electron chi connectivity index (χ3n) is 5.72. The van der Waals surface area contributed by atoms with Crippen LogP contribution in [0.3, 0.4) is 0 Å². The summed E-state index contributed by atoms with van der Waals surface area (Å²) in [6, 6.07) is 7.10. The van der Waals surface area contributed by atoms with Crippen molar-refractivity contribution in [2.75, 3.05) is 26.7 Å². The van der Waals surface area contributed by atoms with Crippen LogP contribution in [0.25, 0.3) is 0 Å². The number of ether oxygens (including phenoxy) is 2. The van der Waals surface area contributed by atoms with Gasteiger partial charge in [-0.05, 0) is 59.6 Å². The molecule has 0 aliphatic carbocycles. The largest absolute Gasteiger partial charge is 0.476 e. The molecule has 10 heteroatoms. The van der Waals surface area contributed by atoms with E-state index in [4.69, 9.17) is 21.1 Å². The molecule has 1 aromatic carbocycles. The number of hydrogen-bond donors (Lipinski definition) is 0. The molecule has 1 fully saturated rings. The molecule has 36 heavy (non-hydrogen) atoms. The van der Waals surface area contributed by atoms with E-state index < -0.39 is 17.2 Å². The molecule has 0 radical (unpaired) electrons. The van der Waals surface area contributed by atoms with Gasteiger partial charge in [0.05, 0.1) is 10.0 Å². The summed E-state index contributed by atoms with van der Waals surface area (Å²) in [7, 11) is 1.56. The van der Waals surface area contributed by atoms with Crippen molar-refractivity contribution in [2.24, 2.45) is 0 Å². The van der Waals surface area contributed by atoms with E-state index in [0.717, 1.165) is 17.8 Å². The number of benzene rings is 1. The lowest BCUT2D eigenvalue weighted by Gasteiger charge is -2.36. The van der Waals surface area contributed by atoms with Crippen LogP contribution in [0.1, 0.15) is 68.9 Å². The molecule has 0 saturated carbocycles. The number of piperidine rings is 1. The van der Waals surface area contributed by atoms with Crippen molar-refractivity contribution in [2.45, 2.75) is 64.6 Å². The Labute approximate surface area is 221 Å². The van der Waals surface area contributed by atoms with Gasteiger partial charge in [-0.15, -0.1) is 11.3 Å². The standard InChI is InChI=1S/C26H34ClN3O5S/c1-25(2,3)35-21(31)15-29(6)23(32)19-16-36-22(28-19)17-11-13-30(14-12-17)24(33)26(4,5)34-20-10-8-7-9-18(20)27/h7-10,16-17H,11-15H2,1-6H3. The van der Waals surface area contributed by atoms with E-state index in [1.54, 1.807) is 59.2 Å². The van der Waals surface area contributed by atoms with Gasteiger partial charge in [0.25, 0.3) is 11.8 Å². The third kappa shape index (κ3) is 7.20. The molecule has 1 aliphatic heterocycles. The maximum atomic E-state index is 13.2. The molecule has 8 nitrogen and oxygen atoms in total. The minimum Gasteiger partial charge on any atom is -0.476 e. The molecule has 2 amide bonds. The molecule has 0 bridgehead atoms. The molecule has 2 aromatic rings. The van der Waals surface area contributed by atoms with E-state index >= 15 is 0 Å². The zero-order valence-corrected chi connectivity index (χ0v) is 23.2. The maximum absolute atomic E-state index is 13.2. The second kappa shape index (κ2) is 11.2. The summed E-state index contributed by atoms with van der Waals surface area (Å²) in [6.07, 6.45) is 1.48. The van der Waals surface area contributed by atoms with Crippen LogP contribution in [0.15, 0.2) is 29.6 Å². The number of hydrogen-bond acceptors (Lipinski definition) is 7. The second-order valence-electron chi connectivity index (χ2n) is 10.4. The summed E-state index contributed by atoms with van der Waals surface area (Å²) in [5, 5.41) is 3.05. The summed E-state index contributed by atoms with van der Waals surface area (Å²) >= 11 is 7.63. The maximum Gasteiger partial charge on any atom is 0.326 e. The average molecular weight is 536 g/mol. The lowest BCUT2D eigenvalue weighted by atomic mass is 9.96. The fraction of sp³-hybridized carbons (Fsp3) is 0.538. The highest BCUT2D eigenvalue weighted by Crippen LogP contribution is 2.33. The predicted octanol–water partition coefficient (Wildman–Crippen LogP) is 4.77. The van der Waals surface area contributed by atoms with Gasteiger partial charge in [-0.25, -0.2) is 4.98 Å². The van der Waals surface area contributed by atoms with Crippen LogP contribution in [0.2, 0.25) is 5.02 Å². The third-order valence-corrected chi connectivity index (χ3v) is 7.04. The molecular formula is C26H34ClN3O5S. The molecule has 196 valence electrons. The van der Waals surface area contributed by atoms with Crippen LogP contribution in [-0.4, -0.2) is 70.5 Å². The fourth-order valence-electron chi connectivity index (χ4n) is 3.96. The number of rotatable bonds is 7. The molecular weight excluding hydrogens is 502 g/mol. The number of likely N-dealkylation sites (tertiary alicyclic amines) is 1. The molecule has 0 atom stereocenters. The highest BCUT2D eigenvalue weighted by atomic mass is 35.5. The number of amides is 2. The van der Waals surface area contributed by atoms with Crippen molar-refractivity contribution in [3.63, 3.8) is 0 Å². The fourth-order valence-corrected chi connectivity index (χ4v) is 5.10. The molecule has 2 heterocycles. The van der Waals surface area contributed by atoms with Crippen molar-refractivity contribution in [1.82, 2.24) is 14.8 Å². The second-order valence-corrected chi connectivity index (χ2v) is 11.7. The van der Waals surface area contributed by atoms with Crippen LogP contribution in [-0.2, 0) is 14.3 Å². The van der Waals surface area contributed by atoms with Gasteiger partial charge < -0.3 is 19.3 Å². The van der Waals surface area contributed by atoms with E-state index in [0.29, 0.717) is 29.6 Å². The molecule has 1 aliphatic rings. The zero-order valence-electron chi connectivity index (χ0n) is 21.7. The van der Waals surface area contributed by atoms with Crippen LogP contribution in [0.5, 0.6) is 5.75 Å². The van der Waals surface area contributed by atoms with Crippen LogP contribution < -0.4 is 4.74 Å². The molecule has 1 saturated heterocycles. The number of para-hydroxylation sites is 1.